The average Bonchev–Trinajstić information content (AvgIpc) is 2.99. The highest BCUT2D eigenvalue weighted by Gasteiger charge is 2.37. The van der Waals surface area contributed by atoms with Crippen molar-refractivity contribution in [2.24, 2.45) is 0 Å². The summed E-state index contributed by atoms with van der Waals surface area (Å²) in [4.78, 5) is 0. The third-order valence-electron chi connectivity index (χ3n) is 4.57. The molecule has 0 amide bonds. The molecule has 0 unspecified atom stereocenters. The fourth-order valence-corrected chi connectivity index (χ4v) is 4.04. The van der Waals surface area contributed by atoms with Crippen molar-refractivity contribution < 1.29 is 0 Å². The third kappa shape index (κ3) is 3.75. The van der Waals surface area contributed by atoms with Gasteiger partial charge in [0.25, 0.3) is 0 Å². The monoisotopic (exact) mass is 388 g/mol. The average molecular weight is 389 g/mol. The Morgan fingerprint density at radius 1 is 1.04 bits per heavy atom. The molecule has 0 radical (unpaired) electrons. The van der Waals surface area contributed by atoms with Crippen LogP contribution in [0.2, 0.25) is 0 Å². The number of nitrogens with one attached hydrogen (secondary N) is 2. The number of hydrogen-bond acceptors (Lipinski definition) is 1. The summed E-state index contributed by atoms with van der Waals surface area (Å²) in [6, 6.07) is 16.7. The number of hydrogen-bond donors (Lipinski definition) is 2. The summed E-state index contributed by atoms with van der Waals surface area (Å²) < 4.78 is 1.06. The minimum absolute atomic E-state index is 0.0369. The minimum atomic E-state index is -0.0369. The Labute approximate surface area is 151 Å². The highest BCUT2D eigenvalue weighted by Crippen LogP contribution is 2.40. The summed E-state index contributed by atoms with van der Waals surface area (Å²) in [6.45, 7) is 2.18. The SMILES string of the molecule is Cc1ccccc1C1(NC(=S)Nc2ccc(Br)cc2)CCCC1. The van der Waals surface area contributed by atoms with Crippen LogP contribution in [0.3, 0.4) is 0 Å². The van der Waals surface area contributed by atoms with E-state index in [4.69, 9.17) is 12.2 Å². The molecule has 0 aliphatic heterocycles. The smallest absolute Gasteiger partial charge is 0.171 e. The van der Waals surface area contributed by atoms with Crippen molar-refractivity contribution in [2.45, 2.75) is 38.1 Å². The predicted octanol–water partition coefficient (Wildman–Crippen LogP) is 5.51. The van der Waals surface area contributed by atoms with Crippen LogP contribution >= 0.6 is 28.1 Å². The van der Waals surface area contributed by atoms with E-state index in [-0.39, 0.29) is 5.54 Å². The highest BCUT2D eigenvalue weighted by atomic mass is 79.9. The summed E-state index contributed by atoms with van der Waals surface area (Å²) >= 11 is 9.04. The zero-order chi connectivity index (χ0) is 16.3. The Bertz CT molecular complexity index is 691. The van der Waals surface area contributed by atoms with Gasteiger partial charge >= 0.3 is 0 Å². The first-order valence-electron chi connectivity index (χ1n) is 8.00. The van der Waals surface area contributed by atoms with Gasteiger partial charge in [-0.3, -0.25) is 0 Å². The van der Waals surface area contributed by atoms with Crippen molar-refractivity contribution in [2.75, 3.05) is 5.32 Å². The van der Waals surface area contributed by atoms with E-state index in [9.17, 15) is 0 Å². The van der Waals surface area contributed by atoms with E-state index in [1.807, 2.05) is 24.3 Å². The van der Waals surface area contributed by atoms with Crippen LogP contribution in [0, 0.1) is 6.92 Å². The normalized spacial score (nSPS) is 16.1. The van der Waals surface area contributed by atoms with E-state index in [1.54, 1.807) is 0 Å². The number of benzene rings is 2. The molecule has 23 heavy (non-hydrogen) atoms. The second kappa shape index (κ2) is 7.02. The van der Waals surface area contributed by atoms with Crippen molar-refractivity contribution in [3.8, 4) is 0 Å². The van der Waals surface area contributed by atoms with E-state index >= 15 is 0 Å². The summed E-state index contributed by atoms with van der Waals surface area (Å²) in [6.07, 6.45) is 4.73. The summed E-state index contributed by atoms with van der Waals surface area (Å²) in [5, 5.41) is 7.62. The van der Waals surface area contributed by atoms with Gasteiger partial charge in [0.2, 0.25) is 0 Å². The van der Waals surface area contributed by atoms with Crippen molar-refractivity contribution in [1.29, 1.82) is 0 Å². The molecule has 0 aromatic heterocycles. The predicted molar refractivity (Wildman–Crippen MR) is 105 cm³/mol. The number of thiocarbonyl (C=S) groups is 1. The molecule has 1 aliphatic carbocycles. The maximum atomic E-state index is 5.59. The van der Waals surface area contributed by atoms with Gasteiger partial charge in [-0.2, -0.15) is 0 Å². The summed E-state index contributed by atoms with van der Waals surface area (Å²) in [7, 11) is 0. The third-order valence-corrected chi connectivity index (χ3v) is 5.31. The first-order valence-corrected chi connectivity index (χ1v) is 9.20. The molecule has 1 fully saturated rings. The van der Waals surface area contributed by atoms with Crippen LogP contribution in [0.1, 0.15) is 36.8 Å². The zero-order valence-corrected chi connectivity index (χ0v) is 15.6. The Balaban J connectivity index is 1.79. The largest absolute Gasteiger partial charge is 0.353 e. The maximum absolute atomic E-state index is 5.59. The zero-order valence-electron chi connectivity index (χ0n) is 13.2. The molecule has 2 aromatic carbocycles. The number of halogens is 1. The molecule has 120 valence electrons. The van der Waals surface area contributed by atoms with E-state index in [1.165, 1.54) is 24.0 Å². The van der Waals surface area contributed by atoms with Gasteiger partial charge in [0, 0.05) is 10.2 Å². The quantitative estimate of drug-likeness (QED) is 0.677. The first-order chi connectivity index (χ1) is 11.1. The lowest BCUT2D eigenvalue weighted by atomic mass is 9.85. The fourth-order valence-electron chi connectivity index (χ4n) is 3.46. The topological polar surface area (TPSA) is 24.1 Å². The number of anilines is 1. The molecule has 1 aliphatic rings. The van der Waals surface area contributed by atoms with Gasteiger partial charge < -0.3 is 10.6 Å². The second-order valence-electron chi connectivity index (χ2n) is 6.19. The van der Waals surface area contributed by atoms with Crippen LogP contribution in [0.5, 0.6) is 0 Å². The molecule has 0 heterocycles. The molecule has 2 N–H and O–H groups in total. The molecule has 3 rings (SSSR count). The van der Waals surface area contributed by atoms with Gasteiger partial charge in [0.05, 0.1) is 5.54 Å². The molecule has 0 saturated heterocycles. The molecule has 1 saturated carbocycles. The number of rotatable bonds is 3. The van der Waals surface area contributed by atoms with Crippen LogP contribution in [-0.4, -0.2) is 5.11 Å². The lowest BCUT2D eigenvalue weighted by molar-refractivity contribution is 0.406. The van der Waals surface area contributed by atoms with Crippen molar-refractivity contribution in [1.82, 2.24) is 5.32 Å². The van der Waals surface area contributed by atoms with Gasteiger partial charge in [-0.25, -0.2) is 0 Å². The van der Waals surface area contributed by atoms with Crippen molar-refractivity contribution in [3.05, 3.63) is 64.1 Å². The molecular formula is C19H21BrN2S. The number of aryl methyl sites for hydroxylation is 1. The standard InChI is InChI=1S/C19H21BrN2S/c1-14-6-2-3-7-17(14)19(12-4-5-13-19)22-18(23)21-16-10-8-15(20)9-11-16/h2-3,6-11H,4-5,12-13H2,1H3,(H2,21,22,23). The maximum Gasteiger partial charge on any atom is 0.171 e. The van der Waals surface area contributed by atoms with Gasteiger partial charge in [-0.15, -0.1) is 0 Å². The minimum Gasteiger partial charge on any atom is -0.353 e. The summed E-state index contributed by atoms with van der Waals surface area (Å²) in [5.41, 5.74) is 3.67. The summed E-state index contributed by atoms with van der Waals surface area (Å²) in [5.74, 6) is 0. The van der Waals surface area contributed by atoms with Gasteiger partial charge in [0.1, 0.15) is 0 Å². The lowest BCUT2D eigenvalue weighted by Crippen LogP contribution is -2.46. The van der Waals surface area contributed by atoms with Gasteiger partial charge in [-0.1, -0.05) is 53.0 Å². The Morgan fingerprint density at radius 2 is 1.70 bits per heavy atom. The van der Waals surface area contributed by atoms with Crippen LogP contribution in [0.25, 0.3) is 0 Å². The van der Waals surface area contributed by atoms with Gasteiger partial charge in [-0.05, 0) is 67.4 Å². The van der Waals surface area contributed by atoms with Gasteiger partial charge in [0.15, 0.2) is 5.11 Å². The molecular weight excluding hydrogens is 368 g/mol. The van der Waals surface area contributed by atoms with E-state index in [0.717, 1.165) is 23.0 Å². The van der Waals surface area contributed by atoms with E-state index in [0.29, 0.717) is 5.11 Å². The van der Waals surface area contributed by atoms with Crippen molar-refractivity contribution >= 4 is 38.9 Å². The van der Waals surface area contributed by atoms with Crippen LogP contribution in [0.15, 0.2) is 53.0 Å². The molecule has 2 nitrogen and oxygen atoms in total. The molecule has 4 heteroatoms. The Morgan fingerprint density at radius 3 is 2.35 bits per heavy atom. The van der Waals surface area contributed by atoms with E-state index < -0.39 is 0 Å². The Hall–Kier alpha value is -1.39. The Kier molecular flexibility index (Phi) is 5.02. The van der Waals surface area contributed by atoms with Crippen LogP contribution in [0.4, 0.5) is 5.69 Å². The van der Waals surface area contributed by atoms with Crippen molar-refractivity contribution in [3.63, 3.8) is 0 Å². The molecule has 0 spiro atoms. The second-order valence-corrected chi connectivity index (χ2v) is 7.51. The molecule has 0 bridgehead atoms. The molecule has 0 atom stereocenters. The highest BCUT2D eigenvalue weighted by molar-refractivity contribution is 9.10. The van der Waals surface area contributed by atoms with Crippen LogP contribution < -0.4 is 10.6 Å². The lowest BCUT2D eigenvalue weighted by Gasteiger charge is -2.33. The van der Waals surface area contributed by atoms with Crippen LogP contribution in [-0.2, 0) is 5.54 Å². The van der Waals surface area contributed by atoms with E-state index in [2.05, 4.69) is 57.8 Å². The first kappa shape index (κ1) is 16.5. The molecule has 2 aromatic rings. The fraction of sp³-hybridized carbons (Fsp3) is 0.316.